The summed E-state index contributed by atoms with van der Waals surface area (Å²) >= 11 is 1.60. The number of aromatic nitrogens is 4. The van der Waals surface area contributed by atoms with Crippen molar-refractivity contribution in [3.8, 4) is 11.4 Å². The summed E-state index contributed by atoms with van der Waals surface area (Å²) in [6, 6.07) is 15.9. The van der Waals surface area contributed by atoms with Crippen molar-refractivity contribution in [2.24, 2.45) is 0 Å². The molecule has 3 aromatic rings. The van der Waals surface area contributed by atoms with E-state index >= 15 is 0 Å². The largest absolute Gasteiger partial charge is 0.316 e. The first-order valence-corrected chi connectivity index (χ1v) is 6.91. The molecule has 0 amide bonds. The molecule has 1 N–H and O–H groups in total. The van der Waals surface area contributed by atoms with Crippen molar-refractivity contribution in [2.75, 3.05) is 0 Å². The number of hydrogen-bond acceptors (Lipinski definition) is 4. The molecule has 0 atom stereocenters. The number of hydrogen-bond donors (Lipinski definition) is 1. The van der Waals surface area contributed by atoms with Crippen LogP contribution < -0.4 is 0 Å². The number of H-pyrrole nitrogens is 1. The number of thioether (sulfide) groups is 1. The number of nitrogens with zero attached hydrogens (tertiary/aromatic N) is 3. The van der Waals surface area contributed by atoms with E-state index in [0.29, 0.717) is 0 Å². The van der Waals surface area contributed by atoms with E-state index in [1.807, 2.05) is 48.5 Å². The van der Waals surface area contributed by atoms with E-state index in [2.05, 4.69) is 20.2 Å². The third kappa shape index (κ3) is 3.00. The van der Waals surface area contributed by atoms with Crippen molar-refractivity contribution in [3.63, 3.8) is 0 Å². The molecular weight excluding hydrogens is 256 g/mol. The smallest absolute Gasteiger partial charge is 0.189 e. The fraction of sp³-hybridized carbons (Fsp3) is 0.0714. The second-order valence-corrected chi connectivity index (χ2v) is 4.92. The van der Waals surface area contributed by atoms with Crippen LogP contribution in [0.2, 0.25) is 0 Å². The molecular formula is C14H12N4S. The molecule has 0 aliphatic rings. The van der Waals surface area contributed by atoms with Crippen LogP contribution >= 0.6 is 11.8 Å². The van der Waals surface area contributed by atoms with E-state index in [-0.39, 0.29) is 0 Å². The third-order valence-corrected chi connectivity index (χ3v) is 3.49. The van der Waals surface area contributed by atoms with Crippen LogP contribution in [0.25, 0.3) is 11.4 Å². The predicted molar refractivity (Wildman–Crippen MR) is 75.6 cm³/mol. The van der Waals surface area contributed by atoms with E-state index in [9.17, 15) is 0 Å². The highest BCUT2D eigenvalue weighted by molar-refractivity contribution is 7.98. The van der Waals surface area contributed by atoms with E-state index in [0.717, 1.165) is 28.0 Å². The van der Waals surface area contributed by atoms with Gasteiger partial charge < -0.3 is 4.98 Å². The SMILES string of the molecule is c1ccc(-c2nnc(SCc3ccccn3)[nH]2)cc1. The van der Waals surface area contributed by atoms with Crippen molar-refractivity contribution in [2.45, 2.75) is 10.9 Å². The standard InChI is InChI=1S/C14H12N4S/c1-2-6-11(7-3-1)13-16-14(18-17-13)19-10-12-8-4-5-9-15-12/h1-9H,10H2,(H,16,17,18). The number of benzene rings is 1. The van der Waals surface area contributed by atoms with Crippen molar-refractivity contribution in [1.82, 2.24) is 20.2 Å². The van der Waals surface area contributed by atoms with E-state index in [1.54, 1.807) is 18.0 Å². The molecule has 0 unspecified atom stereocenters. The Bertz CT molecular complexity index is 637. The summed E-state index contributed by atoms with van der Waals surface area (Å²) in [6.07, 6.45) is 1.80. The van der Waals surface area contributed by atoms with Crippen LogP contribution in [0.3, 0.4) is 0 Å². The molecule has 1 aromatic carbocycles. The van der Waals surface area contributed by atoms with Crippen LogP contribution in [0, 0.1) is 0 Å². The van der Waals surface area contributed by atoms with Crippen LogP contribution in [-0.4, -0.2) is 20.2 Å². The van der Waals surface area contributed by atoms with Crippen molar-refractivity contribution in [1.29, 1.82) is 0 Å². The first-order chi connectivity index (χ1) is 9.42. The summed E-state index contributed by atoms with van der Waals surface area (Å²) in [4.78, 5) is 7.49. The van der Waals surface area contributed by atoms with Gasteiger partial charge in [-0.15, -0.1) is 10.2 Å². The molecule has 0 saturated heterocycles. The van der Waals surface area contributed by atoms with Gasteiger partial charge in [-0.3, -0.25) is 4.98 Å². The maximum absolute atomic E-state index is 4.28. The van der Waals surface area contributed by atoms with E-state index in [4.69, 9.17) is 0 Å². The van der Waals surface area contributed by atoms with Crippen LogP contribution in [-0.2, 0) is 5.75 Å². The lowest BCUT2D eigenvalue weighted by Gasteiger charge is -1.96. The van der Waals surface area contributed by atoms with Gasteiger partial charge in [0.15, 0.2) is 11.0 Å². The Morgan fingerprint density at radius 1 is 0.947 bits per heavy atom. The summed E-state index contributed by atoms with van der Waals surface area (Å²) in [5.74, 6) is 1.58. The summed E-state index contributed by atoms with van der Waals surface area (Å²) in [6.45, 7) is 0. The second kappa shape index (κ2) is 5.67. The zero-order valence-corrected chi connectivity index (χ0v) is 11.0. The zero-order chi connectivity index (χ0) is 12.9. The first kappa shape index (κ1) is 11.9. The van der Waals surface area contributed by atoms with Crippen molar-refractivity contribution in [3.05, 3.63) is 60.4 Å². The molecule has 0 saturated carbocycles. The maximum Gasteiger partial charge on any atom is 0.189 e. The molecule has 2 aromatic heterocycles. The molecule has 5 heteroatoms. The van der Waals surface area contributed by atoms with Gasteiger partial charge in [0, 0.05) is 17.5 Å². The monoisotopic (exact) mass is 268 g/mol. The molecule has 4 nitrogen and oxygen atoms in total. The minimum absolute atomic E-state index is 0.782. The summed E-state index contributed by atoms with van der Waals surface area (Å²) in [5.41, 5.74) is 2.07. The van der Waals surface area contributed by atoms with Gasteiger partial charge in [-0.05, 0) is 12.1 Å². The fourth-order valence-corrected chi connectivity index (χ4v) is 2.39. The lowest BCUT2D eigenvalue weighted by atomic mass is 10.2. The van der Waals surface area contributed by atoms with Gasteiger partial charge in [0.2, 0.25) is 0 Å². The molecule has 0 aliphatic carbocycles. The van der Waals surface area contributed by atoms with Gasteiger partial charge in [-0.1, -0.05) is 48.2 Å². The number of rotatable bonds is 4. The van der Waals surface area contributed by atoms with Crippen molar-refractivity contribution < 1.29 is 0 Å². The van der Waals surface area contributed by atoms with Gasteiger partial charge in [0.05, 0.1) is 5.69 Å². The highest BCUT2D eigenvalue weighted by atomic mass is 32.2. The minimum Gasteiger partial charge on any atom is -0.316 e. The van der Waals surface area contributed by atoms with Crippen LogP contribution in [0.1, 0.15) is 5.69 Å². The van der Waals surface area contributed by atoms with Crippen molar-refractivity contribution >= 4 is 11.8 Å². The lowest BCUT2D eigenvalue weighted by Crippen LogP contribution is -1.85. The zero-order valence-electron chi connectivity index (χ0n) is 10.2. The topological polar surface area (TPSA) is 54.5 Å². The molecule has 0 fully saturated rings. The number of pyridine rings is 1. The first-order valence-electron chi connectivity index (χ1n) is 5.92. The molecule has 94 valence electrons. The van der Waals surface area contributed by atoms with Crippen LogP contribution in [0.15, 0.2) is 59.9 Å². The quantitative estimate of drug-likeness (QED) is 0.738. The van der Waals surface area contributed by atoms with Gasteiger partial charge >= 0.3 is 0 Å². The molecule has 19 heavy (non-hydrogen) atoms. The highest BCUT2D eigenvalue weighted by Gasteiger charge is 2.05. The summed E-state index contributed by atoms with van der Waals surface area (Å²) in [7, 11) is 0. The molecule has 0 aliphatic heterocycles. The van der Waals surface area contributed by atoms with E-state index < -0.39 is 0 Å². The fourth-order valence-electron chi connectivity index (χ4n) is 1.66. The maximum atomic E-state index is 4.28. The molecule has 0 bridgehead atoms. The Morgan fingerprint density at radius 2 is 1.79 bits per heavy atom. The molecule has 0 radical (unpaired) electrons. The Hall–Kier alpha value is -2.14. The van der Waals surface area contributed by atoms with Gasteiger partial charge in [0.25, 0.3) is 0 Å². The lowest BCUT2D eigenvalue weighted by molar-refractivity contribution is 0.971. The van der Waals surface area contributed by atoms with Crippen LogP contribution in [0.5, 0.6) is 0 Å². The Morgan fingerprint density at radius 3 is 2.58 bits per heavy atom. The highest BCUT2D eigenvalue weighted by Crippen LogP contribution is 2.21. The minimum atomic E-state index is 0.782. The Kier molecular flexibility index (Phi) is 3.56. The van der Waals surface area contributed by atoms with Gasteiger partial charge in [-0.2, -0.15) is 0 Å². The molecule has 3 rings (SSSR count). The summed E-state index contributed by atoms with van der Waals surface area (Å²) in [5, 5.41) is 9.10. The Balaban J connectivity index is 1.69. The average Bonchev–Trinajstić information content (AvgIpc) is 2.96. The van der Waals surface area contributed by atoms with Gasteiger partial charge in [0.1, 0.15) is 0 Å². The third-order valence-electron chi connectivity index (χ3n) is 2.60. The second-order valence-electron chi connectivity index (χ2n) is 3.95. The molecule has 0 spiro atoms. The normalized spacial score (nSPS) is 10.5. The predicted octanol–water partition coefficient (Wildman–Crippen LogP) is 3.16. The summed E-state index contributed by atoms with van der Waals surface area (Å²) < 4.78 is 0. The van der Waals surface area contributed by atoms with Crippen LogP contribution in [0.4, 0.5) is 0 Å². The Labute approximate surface area is 115 Å². The van der Waals surface area contributed by atoms with E-state index in [1.165, 1.54) is 0 Å². The number of nitrogens with one attached hydrogen (secondary N) is 1. The number of aromatic amines is 1. The molecule has 2 heterocycles. The average molecular weight is 268 g/mol. The van der Waals surface area contributed by atoms with Gasteiger partial charge in [-0.25, -0.2) is 0 Å².